The lowest BCUT2D eigenvalue weighted by Gasteiger charge is -1.99. The Morgan fingerprint density at radius 2 is 2.00 bits per heavy atom. The topological polar surface area (TPSA) is 28.7 Å². The highest BCUT2D eigenvalue weighted by Crippen LogP contribution is 2.22. The van der Waals surface area contributed by atoms with Gasteiger partial charge in [-0.2, -0.15) is 5.10 Å². The van der Waals surface area contributed by atoms with Crippen LogP contribution in [0.4, 0.5) is 0 Å². The molecular weight excluding hydrogens is 204 g/mol. The largest absolute Gasteiger partial charge is 0.282 e. The molecular formula is C12H14N2S. The summed E-state index contributed by atoms with van der Waals surface area (Å²) in [5.41, 5.74) is 3.28. The third-order valence-electron chi connectivity index (χ3n) is 2.17. The van der Waals surface area contributed by atoms with Crippen molar-refractivity contribution >= 4 is 11.8 Å². The van der Waals surface area contributed by atoms with Crippen molar-refractivity contribution in [2.45, 2.75) is 18.7 Å². The lowest BCUT2D eigenvalue weighted by molar-refractivity contribution is 1.05. The predicted molar refractivity (Wildman–Crippen MR) is 65.2 cm³/mol. The van der Waals surface area contributed by atoms with Gasteiger partial charge >= 0.3 is 0 Å². The number of rotatable bonds is 3. The second-order valence-corrected chi connectivity index (χ2v) is 4.73. The monoisotopic (exact) mass is 218 g/mol. The van der Waals surface area contributed by atoms with E-state index in [9.17, 15) is 0 Å². The molecule has 1 N–H and O–H groups in total. The Kier molecular flexibility index (Phi) is 3.11. The molecule has 2 aromatic rings. The minimum atomic E-state index is 1.01. The standard InChI is InChI=1S/C12H14N2S/c1-3-15-11-6-4-10(5-7-11)12-8-9(2)13-14-12/h4-8H,3H2,1-2H3,(H,13,14). The number of nitrogens with zero attached hydrogens (tertiary/aromatic N) is 1. The van der Waals surface area contributed by atoms with Crippen molar-refractivity contribution in [3.63, 3.8) is 0 Å². The van der Waals surface area contributed by atoms with Gasteiger partial charge in [-0.1, -0.05) is 19.1 Å². The molecule has 1 aromatic heterocycles. The number of benzene rings is 1. The van der Waals surface area contributed by atoms with Crippen LogP contribution >= 0.6 is 11.8 Å². The zero-order valence-corrected chi connectivity index (χ0v) is 9.77. The Balaban J connectivity index is 2.23. The summed E-state index contributed by atoms with van der Waals surface area (Å²) in [5.74, 6) is 1.11. The lowest BCUT2D eigenvalue weighted by Crippen LogP contribution is -1.78. The molecule has 78 valence electrons. The van der Waals surface area contributed by atoms with Crippen LogP contribution in [-0.4, -0.2) is 16.0 Å². The molecule has 0 amide bonds. The number of H-pyrrole nitrogens is 1. The summed E-state index contributed by atoms with van der Waals surface area (Å²) in [6, 6.07) is 10.6. The van der Waals surface area contributed by atoms with Crippen LogP contribution in [0.3, 0.4) is 0 Å². The van der Waals surface area contributed by atoms with Crippen LogP contribution < -0.4 is 0 Å². The van der Waals surface area contributed by atoms with Gasteiger partial charge in [0.1, 0.15) is 0 Å². The van der Waals surface area contributed by atoms with Gasteiger partial charge in [-0.25, -0.2) is 0 Å². The summed E-state index contributed by atoms with van der Waals surface area (Å²) in [4.78, 5) is 1.31. The molecule has 1 heterocycles. The maximum atomic E-state index is 4.23. The lowest BCUT2D eigenvalue weighted by atomic mass is 10.1. The highest BCUT2D eigenvalue weighted by atomic mass is 32.2. The molecule has 0 radical (unpaired) electrons. The SMILES string of the molecule is CCSc1ccc(-c2cc(C)[nH]n2)cc1. The highest BCUT2D eigenvalue weighted by molar-refractivity contribution is 7.99. The van der Waals surface area contributed by atoms with Crippen molar-refractivity contribution in [3.05, 3.63) is 36.0 Å². The van der Waals surface area contributed by atoms with E-state index in [1.807, 2.05) is 18.7 Å². The molecule has 3 heteroatoms. The van der Waals surface area contributed by atoms with Crippen molar-refractivity contribution in [1.29, 1.82) is 0 Å². The van der Waals surface area contributed by atoms with Gasteiger partial charge in [-0.05, 0) is 30.9 Å². The number of thioether (sulfide) groups is 1. The zero-order chi connectivity index (χ0) is 10.7. The first kappa shape index (κ1) is 10.3. The van der Waals surface area contributed by atoms with Crippen LogP contribution in [0.15, 0.2) is 35.2 Å². The summed E-state index contributed by atoms with van der Waals surface area (Å²) in [7, 11) is 0. The van der Waals surface area contributed by atoms with E-state index in [1.54, 1.807) is 0 Å². The Labute approximate surface area is 94.1 Å². The van der Waals surface area contributed by atoms with E-state index in [4.69, 9.17) is 0 Å². The van der Waals surface area contributed by atoms with Gasteiger partial charge < -0.3 is 0 Å². The van der Waals surface area contributed by atoms with E-state index >= 15 is 0 Å². The first-order valence-electron chi connectivity index (χ1n) is 5.05. The fourth-order valence-corrected chi connectivity index (χ4v) is 2.12. The number of aromatic amines is 1. The molecule has 0 saturated carbocycles. The quantitative estimate of drug-likeness (QED) is 0.799. The Hall–Kier alpha value is -1.22. The predicted octanol–water partition coefficient (Wildman–Crippen LogP) is 3.50. The van der Waals surface area contributed by atoms with Crippen LogP contribution in [-0.2, 0) is 0 Å². The normalized spacial score (nSPS) is 10.5. The van der Waals surface area contributed by atoms with Gasteiger partial charge in [0.25, 0.3) is 0 Å². The fraction of sp³-hybridized carbons (Fsp3) is 0.250. The number of hydrogen-bond donors (Lipinski definition) is 1. The first-order valence-corrected chi connectivity index (χ1v) is 6.03. The molecule has 0 atom stereocenters. The Morgan fingerprint density at radius 1 is 1.27 bits per heavy atom. The summed E-state index contributed by atoms with van der Waals surface area (Å²) in [6.45, 7) is 4.17. The first-order chi connectivity index (χ1) is 7.29. The van der Waals surface area contributed by atoms with Crippen molar-refractivity contribution in [3.8, 4) is 11.3 Å². The zero-order valence-electron chi connectivity index (χ0n) is 8.95. The molecule has 0 bridgehead atoms. The average molecular weight is 218 g/mol. The van der Waals surface area contributed by atoms with Gasteiger partial charge in [-0.3, -0.25) is 5.10 Å². The molecule has 0 aliphatic carbocycles. The summed E-state index contributed by atoms with van der Waals surface area (Å²) >= 11 is 1.86. The summed E-state index contributed by atoms with van der Waals surface area (Å²) in [6.07, 6.45) is 0. The smallest absolute Gasteiger partial charge is 0.0923 e. The molecule has 0 aliphatic rings. The molecule has 0 aliphatic heterocycles. The van der Waals surface area contributed by atoms with Gasteiger partial charge in [0.05, 0.1) is 5.69 Å². The van der Waals surface area contributed by atoms with Crippen LogP contribution in [0.5, 0.6) is 0 Å². The van der Waals surface area contributed by atoms with E-state index in [2.05, 4.69) is 47.5 Å². The van der Waals surface area contributed by atoms with E-state index in [1.165, 1.54) is 10.5 Å². The molecule has 2 rings (SSSR count). The van der Waals surface area contributed by atoms with E-state index in [0.717, 1.165) is 17.1 Å². The van der Waals surface area contributed by atoms with Crippen molar-refractivity contribution in [2.24, 2.45) is 0 Å². The molecule has 0 spiro atoms. The maximum absolute atomic E-state index is 4.23. The fourth-order valence-electron chi connectivity index (χ4n) is 1.45. The highest BCUT2D eigenvalue weighted by Gasteiger charge is 2.01. The molecule has 15 heavy (non-hydrogen) atoms. The van der Waals surface area contributed by atoms with Crippen molar-refractivity contribution < 1.29 is 0 Å². The molecule has 2 nitrogen and oxygen atoms in total. The minimum absolute atomic E-state index is 1.01. The second-order valence-electron chi connectivity index (χ2n) is 3.39. The molecule has 0 saturated heterocycles. The molecule has 1 aromatic carbocycles. The van der Waals surface area contributed by atoms with Crippen LogP contribution in [0.1, 0.15) is 12.6 Å². The van der Waals surface area contributed by atoms with Crippen LogP contribution in [0.2, 0.25) is 0 Å². The number of aromatic nitrogens is 2. The van der Waals surface area contributed by atoms with Crippen molar-refractivity contribution in [1.82, 2.24) is 10.2 Å². The molecule has 0 unspecified atom stereocenters. The van der Waals surface area contributed by atoms with E-state index < -0.39 is 0 Å². The third kappa shape index (κ3) is 2.42. The Morgan fingerprint density at radius 3 is 2.53 bits per heavy atom. The average Bonchev–Trinajstić information content (AvgIpc) is 2.67. The van der Waals surface area contributed by atoms with Gasteiger partial charge in [-0.15, -0.1) is 11.8 Å². The summed E-state index contributed by atoms with van der Waals surface area (Å²) < 4.78 is 0. The second kappa shape index (κ2) is 4.53. The maximum Gasteiger partial charge on any atom is 0.0923 e. The van der Waals surface area contributed by atoms with Crippen molar-refractivity contribution in [2.75, 3.05) is 5.75 Å². The molecule has 0 fully saturated rings. The minimum Gasteiger partial charge on any atom is -0.282 e. The van der Waals surface area contributed by atoms with E-state index in [-0.39, 0.29) is 0 Å². The number of nitrogens with one attached hydrogen (secondary N) is 1. The van der Waals surface area contributed by atoms with Gasteiger partial charge in [0, 0.05) is 16.2 Å². The Bertz CT molecular complexity index is 431. The van der Waals surface area contributed by atoms with Crippen LogP contribution in [0.25, 0.3) is 11.3 Å². The van der Waals surface area contributed by atoms with E-state index in [0.29, 0.717) is 0 Å². The van der Waals surface area contributed by atoms with Gasteiger partial charge in [0.2, 0.25) is 0 Å². The number of aryl methyl sites for hydroxylation is 1. The van der Waals surface area contributed by atoms with Crippen LogP contribution in [0, 0.1) is 6.92 Å². The summed E-state index contributed by atoms with van der Waals surface area (Å²) in [5, 5.41) is 7.18. The third-order valence-corrected chi connectivity index (χ3v) is 3.06. The van der Waals surface area contributed by atoms with Gasteiger partial charge in [0.15, 0.2) is 0 Å². The number of hydrogen-bond acceptors (Lipinski definition) is 2.